The van der Waals surface area contributed by atoms with Gasteiger partial charge in [-0.1, -0.05) is 0 Å². The molecule has 1 aliphatic carbocycles. The SMILES string of the molecule is COc1cc(-c2nc3c(o2)CCC[C@H]3NC(=O)c2cc(F)cc(C#N)c2)ccn1. The molecule has 0 fully saturated rings. The van der Waals surface area contributed by atoms with Gasteiger partial charge in [0.2, 0.25) is 11.8 Å². The molecule has 7 nitrogen and oxygen atoms in total. The van der Waals surface area contributed by atoms with Gasteiger partial charge in [0.1, 0.15) is 17.3 Å². The Labute approximate surface area is 166 Å². The van der Waals surface area contributed by atoms with E-state index in [4.69, 9.17) is 14.4 Å². The molecule has 1 N–H and O–H groups in total. The molecule has 1 amide bonds. The maximum absolute atomic E-state index is 13.7. The highest BCUT2D eigenvalue weighted by atomic mass is 19.1. The third kappa shape index (κ3) is 3.80. The number of nitriles is 1. The van der Waals surface area contributed by atoms with Crippen molar-refractivity contribution in [2.45, 2.75) is 25.3 Å². The molecule has 2 heterocycles. The van der Waals surface area contributed by atoms with Gasteiger partial charge in [-0.05, 0) is 37.1 Å². The number of halogens is 1. The van der Waals surface area contributed by atoms with Crippen LogP contribution in [-0.2, 0) is 6.42 Å². The van der Waals surface area contributed by atoms with Gasteiger partial charge in [0.05, 0.1) is 24.8 Å². The number of carbonyl (C=O) groups is 1. The van der Waals surface area contributed by atoms with Crippen LogP contribution in [0.3, 0.4) is 0 Å². The van der Waals surface area contributed by atoms with E-state index in [1.807, 2.05) is 6.07 Å². The summed E-state index contributed by atoms with van der Waals surface area (Å²) in [5, 5.41) is 11.9. The number of rotatable bonds is 4. The Hall–Kier alpha value is -3.73. The summed E-state index contributed by atoms with van der Waals surface area (Å²) in [5.74, 6) is 0.490. The van der Waals surface area contributed by atoms with Crippen molar-refractivity contribution in [3.63, 3.8) is 0 Å². The highest BCUT2D eigenvalue weighted by Crippen LogP contribution is 2.33. The van der Waals surface area contributed by atoms with Crippen LogP contribution in [0.1, 0.15) is 46.3 Å². The average molecular weight is 392 g/mol. The summed E-state index contributed by atoms with van der Waals surface area (Å²) in [7, 11) is 1.53. The van der Waals surface area contributed by atoms with E-state index in [2.05, 4.69) is 15.3 Å². The number of hydrogen-bond donors (Lipinski definition) is 1. The predicted molar refractivity (Wildman–Crippen MR) is 101 cm³/mol. The molecular weight excluding hydrogens is 375 g/mol. The van der Waals surface area contributed by atoms with Gasteiger partial charge in [-0.3, -0.25) is 4.79 Å². The molecule has 8 heteroatoms. The average Bonchev–Trinajstić information content (AvgIpc) is 3.18. The first-order valence-electron chi connectivity index (χ1n) is 9.09. The van der Waals surface area contributed by atoms with Crippen molar-refractivity contribution in [3.8, 4) is 23.4 Å². The van der Waals surface area contributed by atoms with Gasteiger partial charge in [-0.2, -0.15) is 5.26 Å². The molecule has 0 aliphatic heterocycles. The van der Waals surface area contributed by atoms with Crippen LogP contribution in [0.4, 0.5) is 4.39 Å². The minimum absolute atomic E-state index is 0.0924. The zero-order chi connectivity index (χ0) is 20.4. The van der Waals surface area contributed by atoms with E-state index in [0.717, 1.165) is 30.5 Å². The molecule has 0 unspecified atom stereocenters. The van der Waals surface area contributed by atoms with Crippen LogP contribution >= 0.6 is 0 Å². The number of aromatic nitrogens is 2. The molecule has 0 bridgehead atoms. The van der Waals surface area contributed by atoms with Gasteiger partial charge in [-0.15, -0.1) is 0 Å². The molecule has 29 heavy (non-hydrogen) atoms. The van der Waals surface area contributed by atoms with Gasteiger partial charge in [0.15, 0.2) is 0 Å². The van der Waals surface area contributed by atoms with Gasteiger partial charge < -0.3 is 14.5 Å². The van der Waals surface area contributed by atoms with Crippen molar-refractivity contribution in [1.29, 1.82) is 5.26 Å². The lowest BCUT2D eigenvalue weighted by molar-refractivity contribution is 0.0931. The number of amides is 1. The molecule has 0 saturated carbocycles. The Morgan fingerprint density at radius 3 is 3.03 bits per heavy atom. The summed E-state index contributed by atoms with van der Waals surface area (Å²) >= 11 is 0. The summed E-state index contributed by atoms with van der Waals surface area (Å²) in [6.07, 6.45) is 3.83. The summed E-state index contributed by atoms with van der Waals surface area (Å²) in [6, 6.07) is 8.54. The first-order chi connectivity index (χ1) is 14.1. The highest BCUT2D eigenvalue weighted by Gasteiger charge is 2.28. The van der Waals surface area contributed by atoms with Crippen LogP contribution in [0, 0.1) is 17.1 Å². The number of nitrogens with one attached hydrogen (secondary N) is 1. The van der Waals surface area contributed by atoms with Crippen LogP contribution in [-0.4, -0.2) is 23.0 Å². The number of pyridine rings is 1. The van der Waals surface area contributed by atoms with Crippen LogP contribution in [0.5, 0.6) is 5.88 Å². The molecule has 0 radical (unpaired) electrons. The first kappa shape index (κ1) is 18.6. The summed E-state index contributed by atoms with van der Waals surface area (Å²) in [6.45, 7) is 0. The van der Waals surface area contributed by atoms with E-state index in [1.54, 1.807) is 18.3 Å². The fourth-order valence-electron chi connectivity index (χ4n) is 3.36. The second kappa shape index (κ2) is 7.72. The second-order valence-electron chi connectivity index (χ2n) is 6.67. The van der Waals surface area contributed by atoms with Gasteiger partial charge >= 0.3 is 0 Å². The lowest BCUT2D eigenvalue weighted by Crippen LogP contribution is -2.31. The number of fused-ring (bicyclic) bond motifs is 1. The maximum Gasteiger partial charge on any atom is 0.251 e. The molecule has 3 aromatic rings. The zero-order valence-corrected chi connectivity index (χ0v) is 15.6. The molecule has 2 aromatic heterocycles. The fourth-order valence-corrected chi connectivity index (χ4v) is 3.36. The molecular formula is C21H17FN4O3. The van der Waals surface area contributed by atoms with Gasteiger partial charge in [0.25, 0.3) is 5.91 Å². The number of hydrogen-bond acceptors (Lipinski definition) is 6. The third-order valence-corrected chi connectivity index (χ3v) is 4.74. The van der Waals surface area contributed by atoms with Gasteiger partial charge in [0, 0.05) is 29.8 Å². The number of ether oxygens (including phenoxy) is 1. The lowest BCUT2D eigenvalue weighted by atomic mass is 9.96. The van der Waals surface area contributed by atoms with Crippen molar-refractivity contribution in [1.82, 2.24) is 15.3 Å². The molecule has 146 valence electrons. The Balaban J connectivity index is 1.60. The van der Waals surface area contributed by atoms with Crippen molar-refractivity contribution in [2.24, 2.45) is 0 Å². The maximum atomic E-state index is 13.7. The largest absolute Gasteiger partial charge is 0.481 e. The van der Waals surface area contributed by atoms with Crippen molar-refractivity contribution >= 4 is 5.91 Å². The lowest BCUT2D eigenvalue weighted by Gasteiger charge is -2.21. The molecule has 1 atom stereocenters. The van der Waals surface area contributed by atoms with Crippen LogP contribution in [0.25, 0.3) is 11.5 Å². The van der Waals surface area contributed by atoms with E-state index >= 15 is 0 Å². The number of benzene rings is 1. The van der Waals surface area contributed by atoms with Crippen LogP contribution < -0.4 is 10.1 Å². The minimum Gasteiger partial charge on any atom is -0.481 e. The Morgan fingerprint density at radius 1 is 1.38 bits per heavy atom. The molecule has 0 spiro atoms. The molecule has 4 rings (SSSR count). The smallest absolute Gasteiger partial charge is 0.251 e. The quantitative estimate of drug-likeness (QED) is 0.728. The van der Waals surface area contributed by atoms with Crippen LogP contribution in [0.2, 0.25) is 0 Å². The molecule has 1 aliphatic rings. The number of methoxy groups -OCH3 is 1. The van der Waals surface area contributed by atoms with Crippen molar-refractivity contribution < 1.29 is 18.3 Å². The summed E-state index contributed by atoms with van der Waals surface area (Å²) < 4.78 is 24.7. The normalized spacial score (nSPS) is 15.3. The van der Waals surface area contributed by atoms with Crippen molar-refractivity contribution in [3.05, 3.63) is 64.9 Å². The monoisotopic (exact) mass is 392 g/mol. The molecule has 1 aromatic carbocycles. The van der Waals surface area contributed by atoms with E-state index in [9.17, 15) is 9.18 Å². The predicted octanol–water partition coefficient (Wildman–Crippen LogP) is 3.56. The topological polar surface area (TPSA) is 101 Å². The minimum atomic E-state index is -0.631. The van der Waals surface area contributed by atoms with Crippen LogP contribution in [0.15, 0.2) is 40.9 Å². The second-order valence-corrected chi connectivity index (χ2v) is 6.67. The Kier molecular flexibility index (Phi) is 4.96. The number of carbonyl (C=O) groups excluding carboxylic acids is 1. The summed E-state index contributed by atoms with van der Waals surface area (Å²) in [4.78, 5) is 21.3. The Morgan fingerprint density at radius 2 is 2.24 bits per heavy atom. The molecule has 0 saturated heterocycles. The van der Waals surface area contributed by atoms with Crippen molar-refractivity contribution in [2.75, 3.05) is 7.11 Å². The van der Waals surface area contributed by atoms with E-state index in [0.29, 0.717) is 29.6 Å². The zero-order valence-electron chi connectivity index (χ0n) is 15.6. The number of oxazole rings is 1. The summed E-state index contributed by atoms with van der Waals surface area (Å²) in [5.41, 5.74) is 1.57. The first-order valence-corrected chi connectivity index (χ1v) is 9.09. The van der Waals surface area contributed by atoms with Gasteiger partial charge in [-0.25, -0.2) is 14.4 Å². The standard InChI is InChI=1S/C21H17FN4O3/c1-28-18-10-13(5-6-24-18)21-26-19-16(3-2-4-17(19)29-21)25-20(27)14-7-12(11-23)8-15(22)9-14/h5-10,16H,2-4H2,1H3,(H,25,27)/t16-/m1/s1. The fraction of sp³-hybridized carbons (Fsp3) is 0.238. The number of nitrogens with zero attached hydrogens (tertiary/aromatic N) is 3. The Bertz CT molecular complexity index is 1120. The van der Waals surface area contributed by atoms with E-state index < -0.39 is 11.7 Å². The third-order valence-electron chi connectivity index (χ3n) is 4.74. The van der Waals surface area contributed by atoms with E-state index in [1.165, 1.54) is 13.2 Å². The number of aryl methyl sites for hydroxylation is 1. The van der Waals surface area contributed by atoms with E-state index in [-0.39, 0.29) is 17.2 Å². The highest BCUT2D eigenvalue weighted by molar-refractivity contribution is 5.94.